The molecule has 3 aromatic carbocycles. The fraction of sp³-hybridized carbons (Fsp3) is 0.0385. The number of aromatic nitrogens is 2. The number of hydrogen-bond acceptors (Lipinski definition) is 4. The minimum absolute atomic E-state index is 0.181. The van der Waals surface area contributed by atoms with Gasteiger partial charge in [0.1, 0.15) is 12.4 Å². The minimum atomic E-state index is -0.181. The number of para-hydroxylation sites is 1. The molecule has 0 fully saturated rings. The first-order valence-corrected chi connectivity index (χ1v) is 9.99. The highest BCUT2D eigenvalue weighted by Crippen LogP contribution is 2.22. The molecular weight excluding hydrogens is 386 g/mol. The van der Waals surface area contributed by atoms with Gasteiger partial charge in [0.15, 0.2) is 0 Å². The standard InChI is InChI=1S/C26H19N3O2/c30-26(29-25-9-3-8-24-22(25)6-4-16-27-24)19-11-14-21(15-12-19)31-17-20-13-10-18-5-1-2-7-23(18)28-20/h1-16H,17H2,(H,29,30). The summed E-state index contributed by atoms with van der Waals surface area (Å²) in [5.41, 5.74) is 3.92. The zero-order valence-corrected chi connectivity index (χ0v) is 16.7. The fourth-order valence-corrected chi connectivity index (χ4v) is 3.46. The largest absolute Gasteiger partial charge is 0.487 e. The Kier molecular flexibility index (Phi) is 4.99. The van der Waals surface area contributed by atoms with Crippen LogP contribution in [0.3, 0.4) is 0 Å². The quantitative estimate of drug-likeness (QED) is 0.412. The van der Waals surface area contributed by atoms with Crippen LogP contribution in [0, 0.1) is 0 Å². The van der Waals surface area contributed by atoms with Crippen LogP contribution in [0.15, 0.2) is 97.2 Å². The first-order chi connectivity index (χ1) is 15.3. The molecule has 2 heterocycles. The van der Waals surface area contributed by atoms with Gasteiger partial charge in [-0.2, -0.15) is 0 Å². The van der Waals surface area contributed by atoms with Crippen LogP contribution < -0.4 is 10.1 Å². The molecule has 2 aromatic heterocycles. The molecule has 31 heavy (non-hydrogen) atoms. The molecule has 0 bridgehead atoms. The van der Waals surface area contributed by atoms with Crippen molar-refractivity contribution < 1.29 is 9.53 Å². The van der Waals surface area contributed by atoms with Crippen molar-refractivity contribution in [1.82, 2.24) is 9.97 Å². The molecule has 1 amide bonds. The molecular formula is C26H19N3O2. The van der Waals surface area contributed by atoms with Crippen molar-refractivity contribution in [3.63, 3.8) is 0 Å². The van der Waals surface area contributed by atoms with Crippen LogP contribution in [0.2, 0.25) is 0 Å². The molecule has 0 saturated heterocycles. The maximum Gasteiger partial charge on any atom is 0.255 e. The average Bonchev–Trinajstić information content (AvgIpc) is 2.83. The monoisotopic (exact) mass is 405 g/mol. The minimum Gasteiger partial charge on any atom is -0.487 e. The number of fused-ring (bicyclic) bond motifs is 2. The van der Waals surface area contributed by atoms with Crippen LogP contribution in [0.25, 0.3) is 21.8 Å². The molecule has 5 rings (SSSR count). The number of ether oxygens (including phenoxy) is 1. The number of carbonyl (C=O) groups is 1. The number of carbonyl (C=O) groups excluding carboxylic acids is 1. The number of nitrogens with one attached hydrogen (secondary N) is 1. The Morgan fingerprint density at radius 2 is 1.65 bits per heavy atom. The number of benzene rings is 3. The predicted octanol–water partition coefficient (Wildman–Crippen LogP) is 5.61. The molecule has 5 nitrogen and oxygen atoms in total. The van der Waals surface area contributed by atoms with Gasteiger partial charge in [0.05, 0.1) is 22.4 Å². The van der Waals surface area contributed by atoms with Gasteiger partial charge < -0.3 is 10.1 Å². The van der Waals surface area contributed by atoms with E-state index < -0.39 is 0 Å². The van der Waals surface area contributed by atoms with Gasteiger partial charge in [0.2, 0.25) is 0 Å². The summed E-state index contributed by atoms with van der Waals surface area (Å²) in [6.45, 7) is 0.360. The lowest BCUT2D eigenvalue weighted by molar-refractivity contribution is 0.102. The molecule has 0 unspecified atom stereocenters. The normalized spacial score (nSPS) is 10.8. The van der Waals surface area contributed by atoms with Crippen LogP contribution in [0.5, 0.6) is 5.75 Å². The SMILES string of the molecule is O=C(Nc1cccc2ncccc12)c1ccc(OCc2ccc3ccccc3n2)cc1. The van der Waals surface area contributed by atoms with Crippen LogP contribution in [-0.4, -0.2) is 15.9 Å². The predicted molar refractivity (Wildman–Crippen MR) is 122 cm³/mol. The zero-order valence-electron chi connectivity index (χ0n) is 16.7. The van der Waals surface area contributed by atoms with Gasteiger partial charge >= 0.3 is 0 Å². The van der Waals surface area contributed by atoms with Crippen molar-refractivity contribution in [3.8, 4) is 5.75 Å². The number of pyridine rings is 2. The summed E-state index contributed by atoms with van der Waals surface area (Å²) in [4.78, 5) is 21.6. The third kappa shape index (κ3) is 4.07. The van der Waals surface area contributed by atoms with Crippen molar-refractivity contribution >= 4 is 33.4 Å². The number of nitrogens with zero attached hydrogens (tertiary/aromatic N) is 2. The van der Waals surface area contributed by atoms with Gasteiger partial charge in [-0.15, -0.1) is 0 Å². The van der Waals surface area contributed by atoms with E-state index in [4.69, 9.17) is 4.74 Å². The van der Waals surface area contributed by atoms with E-state index in [0.29, 0.717) is 17.9 Å². The number of amides is 1. The maximum absolute atomic E-state index is 12.7. The van der Waals surface area contributed by atoms with Crippen molar-refractivity contribution in [2.75, 3.05) is 5.32 Å². The van der Waals surface area contributed by atoms with E-state index in [-0.39, 0.29) is 5.91 Å². The van der Waals surface area contributed by atoms with Crippen molar-refractivity contribution in [2.45, 2.75) is 6.61 Å². The summed E-state index contributed by atoms with van der Waals surface area (Å²) in [6, 6.07) is 28.5. The van der Waals surface area contributed by atoms with Crippen molar-refractivity contribution in [1.29, 1.82) is 0 Å². The van der Waals surface area contributed by atoms with Gasteiger partial charge in [0.25, 0.3) is 5.91 Å². The molecule has 150 valence electrons. The van der Waals surface area contributed by atoms with E-state index in [2.05, 4.69) is 15.3 Å². The molecule has 0 aliphatic carbocycles. The zero-order chi connectivity index (χ0) is 21.0. The highest BCUT2D eigenvalue weighted by Gasteiger charge is 2.09. The first kappa shape index (κ1) is 18.8. The van der Waals surface area contributed by atoms with Crippen LogP contribution in [-0.2, 0) is 6.61 Å². The molecule has 5 aromatic rings. The maximum atomic E-state index is 12.7. The Morgan fingerprint density at radius 1 is 0.806 bits per heavy atom. The Balaban J connectivity index is 1.26. The molecule has 1 N–H and O–H groups in total. The Labute approximate surface area is 179 Å². The number of rotatable bonds is 5. The number of hydrogen-bond donors (Lipinski definition) is 1. The molecule has 0 spiro atoms. The summed E-state index contributed by atoms with van der Waals surface area (Å²) in [6.07, 6.45) is 1.74. The first-order valence-electron chi connectivity index (χ1n) is 9.99. The van der Waals surface area contributed by atoms with E-state index >= 15 is 0 Å². The van der Waals surface area contributed by atoms with E-state index in [1.807, 2.05) is 66.7 Å². The highest BCUT2D eigenvalue weighted by atomic mass is 16.5. The molecule has 0 saturated carbocycles. The highest BCUT2D eigenvalue weighted by molar-refractivity contribution is 6.08. The second-order valence-electron chi connectivity index (χ2n) is 7.14. The average molecular weight is 405 g/mol. The van der Waals surface area contributed by atoms with E-state index in [1.165, 1.54) is 0 Å². The second kappa shape index (κ2) is 8.24. The van der Waals surface area contributed by atoms with E-state index in [1.54, 1.807) is 30.5 Å². The third-order valence-corrected chi connectivity index (χ3v) is 5.05. The molecule has 0 radical (unpaired) electrons. The van der Waals surface area contributed by atoms with E-state index in [0.717, 1.165) is 33.2 Å². The smallest absolute Gasteiger partial charge is 0.255 e. The van der Waals surface area contributed by atoms with Crippen molar-refractivity contribution in [2.24, 2.45) is 0 Å². The van der Waals surface area contributed by atoms with Gasteiger partial charge in [-0.1, -0.05) is 30.3 Å². The summed E-state index contributed by atoms with van der Waals surface area (Å²) < 4.78 is 5.85. The molecule has 0 atom stereocenters. The number of anilines is 1. The van der Waals surface area contributed by atoms with Crippen LogP contribution >= 0.6 is 0 Å². The van der Waals surface area contributed by atoms with Crippen molar-refractivity contribution in [3.05, 3.63) is 108 Å². The topological polar surface area (TPSA) is 64.1 Å². The molecule has 0 aliphatic rings. The van der Waals surface area contributed by atoms with E-state index in [9.17, 15) is 4.79 Å². The van der Waals surface area contributed by atoms with Crippen LogP contribution in [0.1, 0.15) is 16.1 Å². The third-order valence-electron chi connectivity index (χ3n) is 5.05. The second-order valence-corrected chi connectivity index (χ2v) is 7.14. The summed E-state index contributed by atoms with van der Waals surface area (Å²) >= 11 is 0. The summed E-state index contributed by atoms with van der Waals surface area (Å²) in [7, 11) is 0. The van der Waals surface area contributed by atoms with Gasteiger partial charge in [0, 0.05) is 22.5 Å². The lowest BCUT2D eigenvalue weighted by Crippen LogP contribution is -2.12. The van der Waals surface area contributed by atoms with Gasteiger partial charge in [-0.05, 0) is 60.7 Å². The Morgan fingerprint density at radius 3 is 2.55 bits per heavy atom. The lowest BCUT2D eigenvalue weighted by atomic mass is 10.1. The summed E-state index contributed by atoms with van der Waals surface area (Å²) in [5, 5.41) is 4.97. The van der Waals surface area contributed by atoms with Crippen LogP contribution in [0.4, 0.5) is 5.69 Å². The van der Waals surface area contributed by atoms with Gasteiger partial charge in [-0.25, -0.2) is 4.98 Å². The summed E-state index contributed by atoms with van der Waals surface area (Å²) in [5.74, 6) is 0.500. The lowest BCUT2D eigenvalue weighted by Gasteiger charge is -2.10. The Hall–Kier alpha value is -4.25. The van der Waals surface area contributed by atoms with Gasteiger partial charge in [-0.3, -0.25) is 9.78 Å². The molecule has 0 aliphatic heterocycles. The molecule has 5 heteroatoms. The Bertz CT molecular complexity index is 1380. The fourth-order valence-electron chi connectivity index (χ4n) is 3.46.